The lowest BCUT2D eigenvalue weighted by Crippen LogP contribution is -2.39. The predicted octanol–water partition coefficient (Wildman–Crippen LogP) is 0.717. The van der Waals surface area contributed by atoms with Crippen LogP contribution in [0, 0.1) is 5.92 Å². The summed E-state index contributed by atoms with van der Waals surface area (Å²) in [5.74, 6) is 0.406. The van der Waals surface area contributed by atoms with Gasteiger partial charge in [-0.05, 0) is 12.8 Å². The Kier molecular flexibility index (Phi) is 3.76. The molecular weight excluding hydrogens is 232 g/mol. The van der Waals surface area contributed by atoms with Crippen molar-refractivity contribution in [3.05, 3.63) is 24.5 Å². The van der Waals surface area contributed by atoms with E-state index in [0.717, 1.165) is 6.42 Å². The van der Waals surface area contributed by atoms with Crippen molar-refractivity contribution < 1.29 is 9.53 Å². The molecule has 1 heterocycles. The van der Waals surface area contributed by atoms with Crippen molar-refractivity contribution in [1.29, 1.82) is 0 Å². The number of carbonyl (C=O) groups excluding carboxylic acids is 1. The number of methoxy groups -OCH3 is 1. The molecule has 6 heteroatoms. The van der Waals surface area contributed by atoms with E-state index in [1.807, 2.05) is 12.2 Å². The van der Waals surface area contributed by atoms with E-state index in [0.29, 0.717) is 18.1 Å². The fourth-order valence-corrected chi connectivity index (χ4v) is 2.04. The number of anilines is 1. The molecule has 0 radical (unpaired) electrons. The summed E-state index contributed by atoms with van der Waals surface area (Å²) in [5, 5.41) is 3.18. The molecule has 0 aliphatic heterocycles. The van der Waals surface area contributed by atoms with Crippen LogP contribution in [0.25, 0.3) is 0 Å². The Balaban J connectivity index is 2.16. The quantitative estimate of drug-likeness (QED) is 0.766. The number of hydrogen-bond donors (Lipinski definition) is 2. The van der Waals surface area contributed by atoms with E-state index < -0.39 is 0 Å². The molecule has 1 amide bonds. The van der Waals surface area contributed by atoms with Gasteiger partial charge >= 0.3 is 0 Å². The number of nitrogens with two attached hydrogens (primary N) is 1. The number of hydrogen-bond acceptors (Lipinski definition) is 5. The Bertz CT molecular complexity index is 461. The Labute approximate surface area is 105 Å². The van der Waals surface area contributed by atoms with Gasteiger partial charge in [0.1, 0.15) is 0 Å². The van der Waals surface area contributed by atoms with Crippen molar-refractivity contribution in [3.8, 4) is 5.88 Å². The minimum atomic E-state index is -0.306. The molecule has 1 aromatic heterocycles. The monoisotopic (exact) mass is 248 g/mol. The van der Waals surface area contributed by atoms with E-state index in [9.17, 15) is 4.79 Å². The second-order valence-electron chi connectivity index (χ2n) is 4.12. The van der Waals surface area contributed by atoms with Crippen LogP contribution in [0.4, 0.5) is 5.82 Å². The van der Waals surface area contributed by atoms with Crippen LogP contribution in [0.15, 0.2) is 24.5 Å². The molecule has 0 unspecified atom stereocenters. The average molecular weight is 248 g/mol. The highest BCUT2D eigenvalue weighted by Crippen LogP contribution is 2.25. The minimum Gasteiger partial charge on any atom is -0.478 e. The zero-order chi connectivity index (χ0) is 13.0. The average Bonchev–Trinajstić information content (AvgIpc) is 2.40. The van der Waals surface area contributed by atoms with Gasteiger partial charge in [0.15, 0.2) is 5.82 Å². The van der Waals surface area contributed by atoms with Crippen LogP contribution in [-0.2, 0) is 4.79 Å². The summed E-state index contributed by atoms with van der Waals surface area (Å²) in [6.45, 7) is 0. The van der Waals surface area contributed by atoms with Gasteiger partial charge in [-0.25, -0.2) is 9.97 Å². The van der Waals surface area contributed by atoms with Crippen molar-refractivity contribution in [2.24, 2.45) is 11.7 Å². The molecule has 3 N–H and O–H groups in total. The smallest absolute Gasteiger partial charge is 0.257 e. The number of ether oxygens (including phenoxy) is 1. The zero-order valence-corrected chi connectivity index (χ0v) is 10.2. The molecule has 0 spiro atoms. The minimum absolute atomic E-state index is 0.0712. The lowest BCUT2D eigenvalue weighted by molar-refractivity contribution is -0.122. The maximum absolute atomic E-state index is 11.4. The molecule has 0 fully saturated rings. The fraction of sp³-hybridized carbons (Fsp3) is 0.417. The maximum Gasteiger partial charge on any atom is 0.257 e. The summed E-state index contributed by atoms with van der Waals surface area (Å²) in [4.78, 5) is 19.6. The maximum atomic E-state index is 11.4. The third kappa shape index (κ3) is 2.58. The Hall–Kier alpha value is -2.11. The van der Waals surface area contributed by atoms with Crippen LogP contribution < -0.4 is 15.8 Å². The number of primary amides is 1. The molecule has 2 atom stereocenters. The van der Waals surface area contributed by atoms with E-state index in [4.69, 9.17) is 10.5 Å². The number of aromatic nitrogens is 2. The van der Waals surface area contributed by atoms with Gasteiger partial charge in [0.2, 0.25) is 5.91 Å². The van der Waals surface area contributed by atoms with Gasteiger partial charge < -0.3 is 15.8 Å². The first-order valence-electron chi connectivity index (χ1n) is 5.78. The van der Waals surface area contributed by atoms with Crippen molar-refractivity contribution in [3.63, 3.8) is 0 Å². The molecule has 0 aromatic carbocycles. The molecule has 1 aromatic rings. The summed E-state index contributed by atoms with van der Waals surface area (Å²) < 4.78 is 5.11. The van der Waals surface area contributed by atoms with Gasteiger partial charge in [0.05, 0.1) is 13.0 Å². The van der Waals surface area contributed by atoms with Crippen molar-refractivity contribution in [1.82, 2.24) is 9.97 Å². The van der Waals surface area contributed by atoms with Gasteiger partial charge in [-0.2, -0.15) is 0 Å². The number of nitrogens with one attached hydrogen (secondary N) is 1. The Morgan fingerprint density at radius 2 is 2.11 bits per heavy atom. The van der Waals surface area contributed by atoms with Gasteiger partial charge in [0, 0.05) is 18.4 Å². The Morgan fingerprint density at radius 1 is 1.39 bits per heavy atom. The molecule has 0 bridgehead atoms. The third-order valence-corrected chi connectivity index (χ3v) is 2.98. The lowest BCUT2D eigenvalue weighted by atomic mass is 9.88. The van der Waals surface area contributed by atoms with Crippen LogP contribution in [0.5, 0.6) is 5.88 Å². The summed E-state index contributed by atoms with van der Waals surface area (Å²) in [5.41, 5.74) is 5.40. The van der Waals surface area contributed by atoms with Gasteiger partial charge in [-0.3, -0.25) is 4.79 Å². The van der Waals surface area contributed by atoms with Gasteiger partial charge in [-0.1, -0.05) is 12.2 Å². The first kappa shape index (κ1) is 12.3. The number of amides is 1. The second-order valence-corrected chi connectivity index (χ2v) is 4.12. The summed E-state index contributed by atoms with van der Waals surface area (Å²) >= 11 is 0. The molecular formula is C12H16N4O2. The normalized spacial score (nSPS) is 22.5. The van der Waals surface area contributed by atoms with Crippen LogP contribution >= 0.6 is 0 Å². The summed E-state index contributed by atoms with van der Waals surface area (Å²) in [6.07, 6.45) is 8.50. The lowest BCUT2D eigenvalue weighted by Gasteiger charge is -2.27. The third-order valence-electron chi connectivity index (χ3n) is 2.98. The fourth-order valence-electron chi connectivity index (χ4n) is 2.04. The number of carbonyl (C=O) groups is 1. The second kappa shape index (κ2) is 5.48. The van der Waals surface area contributed by atoms with Crippen LogP contribution in [0.3, 0.4) is 0 Å². The molecule has 1 aliphatic rings. The van der Waals surface area contributed by atoms with Gasteiger partial charge in [-0.15, -0.1) is 0 Å². The Morgan fingerprint density at radius 3 is 2.83 bits per heavy atom. The molecule has 0 saturated carbocycles. The van der Waals surface area contributed by atoms with E-state index in [1.54, 1.807) is 12.4 Å². The summed E-state index contributed by atoms with van der Waals surface area (Å²) in [6, 6.07) is -0.0712. The van der Waals surface area contributed by atoms with E-state index in [2.05, 4.69) is 15.3 Å². The first-order valence-corrected chi connectivity index (χ1v) is 5.78. The topological polar surface area (TPSA) is 90.1 Å². The predicted molar refractivity (Wildman–Crippen MR) is 67.1 cm³/mol. The molecule has 0 saturated heterocycles. The number of rotatable bonds is 4. The molecule has 6 nitrogen and oxygen atoms in total. The van der Waals surface area contributed by atoms with Crippen LogP contribution in [0.1, 0.15) is 12.8 Å². The first-order chi connectivity index (χ1) is 8.72. The molecule has 1 aliphatic carbocycles. The highest BCUT2D eigenvalue weighted by Gasteiger charge is 2.28. The zero-order valence-electron chi connectivity index (χ0n) is 10.2. The van der Waals surface area contributed by atoms with E-state index >= 15 is 0 Å². The SMILES string of the molecule is COc1nccnc1N[C@@H]1CC=CC[C@H]1C(N)=O. The summed E-state index contributed by atoms with van der Waals surface area (Å²) in [7, 11) is 1.53. The standard InChI is InChI=1S/C12H16N4O2/c1-18-12-11(14-6-7-15-12)16-9-5-3-2-4-8(9)10(13)17/h2-3,6-9H,4-5H2,1H3,(H2,13,17)(H,14,16)/t8-,9-/m1/s1. The number of nitrogens with zero attached hydrogens (tertiary/aromatic N) is 2. The van der Waals surface area contributed by atoms with Gasteiger partial charge in [0.25, 0.3) is 5.88 Å². The van der Waals surface area contributed by atoms with Crippen molar-refractivity contribution >= 4 is 11.7 Å². The van der Waals surface area contributed by atoms with Crippen molar-refractivity contribution in [2.75, 3.05) is 12.4 Å². The van der Waals surface area contributed by atoms with Crippen LogP contribution in [0.2, 0.25) is 0 Å². The van der Waals surface area contributed by atoms with E-state index in [1.165, 1.54) is 7.11 Å². The highest BCUT2D eigenvalue weighted by molar-refractivity contribution is 5.78. The molecule has 96 valence electrons. The molecule has 18 heavy (non-hydrogen) atoms. The largest absolute Gasteiger partial charge is 0.478 e. The highest BCUT2D eigenvalue weighted by atomic mass is 16.5. The van der Waals surface area contributed by atoms with Crippen molar-refractivity contribution in [2.45, 2.75) is 18.9 Å². The number of allylic oxidation sites excluding steroid dienone is 1. The molecule has 2 rings (SSSR count). The van der Waals surface area contributed by atoms with Crippen LogP contribution in [-0.4, -0.2) is 29.0 Å². The van der Waals surface area contributed by atoms with E-state index in [-0.39, 0.29) is 17.9 Å².